The van der Waals surface area contributed by atoms with Gasteiger partial charge < -0.3 is 28.8 Å². The summed E-state index contributed by atoms with van der Waals surface area (Å²) < 4.78 is 27.4. The standard InChI is InChI=1S/C21H20O7/c1-24-14-6-4-11-17(20(14)25-2)16(18-12(19(11)22)8-26-21(18)23)10-3-5-13-15(7-10)28-9-27-13/h3-7,12,16,18-19,22H,8-9H2,1-2H3. The highest BCUT2D eigenvalue weighted by atomic mass is 16.7. The van der Waals surface area contributed by atoms with E-state index in [0.717, 1.165) is 16.7 Å². The van der Waals surface area contributed by atoms with Gasteiger partial charge >= 0.3 is 5.97 Å². The Morgan fingerprint density at radius 2 is 1.86 bits per heavy atom. The maximum absolute atomic E-state index is 12.7. The molecule has 3 aliphatic rings. The number of esters is 1. The molecule has 0 saturated carbocycles. The monoisotopic (exact) mass is 384 g/mol. The van der Waals surface area contributed by atoms with Gasteiger partial charge in [0.05, 0.1) is 32.8 Å². The molecule has 1 saturated heterocycles. The van der Waals surface area contributed by atoms with Gasteiger partial charge in [-0.25, -0.2) is 0 Å². The number of methoxy groups -OCH3 is 2. The topological polar surface area (TPSA) is 83.5 Å². The summed E-state index contributed by atoms with van der Waals surface area (Å²) in [4.78, 5) is 12.7. The Labute approximate surface area is 161 Å². The molecule has 0 amide bonds. The average molecular weight is 384 g/mol. The van der Waals surface area contributed by atoms with Crippen LogP contribution in [0.1, 0.15) is 28.7 Å². The molecule has 4 unspecified atom stereocenters. The van der Waals surface area contributed by atoms with Crippen LogP contribution in [-0.2, 0) is 9.53 Å². The van der Waals surface area contributed by atoms with Gasteiger partial charge in [0.2, 0.25) is 6.79 Å². The smallest absolute Gasteiger partial charge is 0.310 e. The molecule has 2 aromatic carbocycles. The van der Waals surface area contributed by atoms with Gasteiger partial charge in [-0.05, 0) is 29.3 Å². The molecule has 7 nitrogen and oxygen atoms in total. The van der Waals surface area contributed by atoms with Crippen LogP contribution in [0.3, 0.4) is 0 Å². The van der Waals surface area contributed by atoms with Gasteiger partial charge in [-0.1, -0.05) is 12.1 Å². The van der Waals surface area contributed by atoms with E-state index in [-0.39, 0.29) is 31.2 Å². The second-order valence-electron chi connectivity index (χ2n) is 7.16. The molecule has 0 aromatic heterocycles. The lowest BCUT2D eigenvalue weighted by Gasteiger charge is -2.37. The van der Waals surface area contributed by atoms with Crippen LogP contribution in [-0.4, -0.2) is 38.7 Å². The van der Waals surface area contributed by atoms with Gasteiger partial charge in [0.25, 0.3) is 0 Å². The number of cyclic esters (lactones) is 1. The summed E-state index contributed by atoms with van der Waals surface area (Å²) in [6.07, 6.45) is -0.823. The van der Waals surface area contributed by atoms with Crippen molar-refractivity contribution in [1.29, 1.82) is 0 Å². The molecule has 1 aliphatic carbocycles. The lowest BCUT2D eigenvalue weighted by Crippen LogP contribution is -2.35. The van der Waals surface area contributed by atoms with E-state index in [4.69, 9.17) is 23.7 Å². The maximum Gasteiger partial charge on any atom is 0.310 e. The predicted octanol–water partition coefficient (Wildman–Crippen LogP) is 2.40. The molecule has 0 spiro atoms. The second-order valence-corrected chi connectivity index (χ2v) is 7.16. The summed E-state index contributed by atoms with van der Waals surface area (Å²) in [5.74, 6) is 0.833. The summed E-state index contributed by atoms with van der Waals surface area (Å²) in [5.41, 5.74) is 2.34. The van der Waals surface area contributed by atoms with E-state index in [0.29, 0.717) is 23.0 Å². The van der Waals surface area contributed by atoms with Crippen LogP contribution in [0, 0.1) is 11.8 Å². The van der Waals surface area contributed by atoms with Gasteiger partial charge in [-0.3, -0.25) is 4.79 Å². The number of hydrogen-bond acceptors (Lipinski definition) is 7. The minimum atomic E-state index is -0.823. The Bertz CT molecular complexity index is 954. The van der Waals surface area contributed by atoms with E-state index < -0.39 is 12.0 Å². The Morgan fingerprint density at radius 1 is 1.04 bits per heavy atom. The van der Waals surface area contributed by atoms with Crippen LogP contribution in [0.2, 0.25) is 0 Å². The molecule has 1 fully saturated rings. The van der Waals surface area contributed by atoms with Crippen LogP contribution in [0.25, 0.3) is 0 Å². The summed E-state index contributed by atoms with van der Waals surface area (Å²) >= 11 is 0. The molecule has 2 aromatic rings. The average Bonchev–Trinajstić information content (AvgIpc) is 3.34. The molecule has 7 heteroatoms. The van der Waals surface area contributed by atoms with E-state index in [1.165, 1.54) is 0 Å². The zero-order valence-corrected chi connectivity index (χ0v) is 15.5. The van der Waals surface area contributed by atoms with E-state index in [2.05, 4.69) is 0 Å². The second kappa shape index (κ2) is 6.31. The Kier molecular flexibility index (Phi) is 3.87. The number of benzene rings is 2. The zero-order valence-electron chi connectivity index (χ0n) is 15.5. The van der Waals surface area contributed by atoms with E-state index in [1.807, 2.05) is 24.3 Å². The number of rotatable bonds is 3. The minimum absolute atomic E-state index is 0.171. The number of fused-ring (bicyclic) bond motifs is 3. The molecule has 0 radical (unpaired) electrons. The van der Waals surface area contributed by atoms with Crippen molar-refractivity contribution in [2.75, 3.05) is 27.6 Å². The molecule has 0 bridgehead atoms. The fourth-order valence-electron chi connectivity index (χ4n) is 4.66. The first kappa shape index (κ1) is 17.2. The fourth-order valence-corrected chi connectivity index (χ4v) is 4.66. The SMILES string of the molecule is COc1ccc2c(c1OC)C(c1ccc3c(c1)OCO3)C1C(=O)OCC1C2O. The van der Waals surface area contributed by atoms with E-state index in [1.54, 1.807) is 20.3 Å². The fraction of sp³-hybridized carbons (Fsp3) is 0.381. The van der Waals surface area contributed by atoms with Crippen LogP contribution in [0.4, 0.5) is 0 Å². The number of hydrogen-bond donors (Lipinski definition) is 1. The molecule has 2 aliphatic heterocycles. The third kappa shape index (κ3) is 2.29. The van der Waals surface area contributed by atoms with Crippen molar-refractivity contribution in [2.45, 2.75) is 12.0 Å². The normalized spacial score (nSPS) is 27.0. The molecule has 4 atom stereocenters. The van der Waals surface area contributed by atoms with Crippen molar-refractivity contribution in [2.24, 2.45) is 11.8 Å². The lowest BCUT2D eigenvalue weighted by molar-refractivity contribution is -0.141. The van der Waals surface area contributed by atoms with Crippen LogP contribution in [0.15, 0.2) is 30.3 Å². The summed E-state index contributed by atoms with van der Waals surface area (Å²) in [6, 6.07) is 9.25. The first-order chi connectivity index (χ1) is 13.6. The minimum Gasteiger partial charge on any atom is -0.493 e. The number of carbonyl (C=O) groups excluding carboxylic acids is 1. The Balaban J connectivity index is 1.76. The Hall–Kier alpha value is -2.93. The van der Waals surface area contributed by atoms with Crippen LogP contribution < -0.4 is 18.9 Å². The summed E-state index contributed by atoms with van der Waals surface area (Å²) in [7, 11) is 3.12. The first-order valence-electron chi connectivity index (χ1n) is 9.13. The van der Waals surface area contributed by atoms with Gasteiger partial charge in [0.1, 0.15) is 0 Å². The van der Waals surface area contributed by atoms with Crippen molar-refractivity contribution in [1.82, 2.24) is 0 Å². The highest BCUT2D eigenvalue weighted by Crippen LogP contribution is 2.56. The van der Waals surface area contributed by atoms with Crippen molar-refractivity contribution in [3.8, 4) is 23.0 Å². The van der Waals surface area contributed by atoms with E-state index >= 15 is 0 Å². The van der Waals surface area contributed by atoms with Gasteiger partial charge in [-0.2, -0.15) is 0 Å². The number of carbonyl (C=O) groups is 1. The number of aliphatic hydroxyl groups is 1. The van der Waals surface area contributed by atoms with Crippen molar-refractivity contribution < 1.29 is 33.6 Å². The van der Waals surface area contributed by atoms with Crippen molar-refractivity contribution in [3.63, 3.8) is 0 Å². The predicted molar refractivity (Wildman–Crippen MR) is 96.9 cm³/mol. The van der Waals surface area contributed by atoms with Crippen molar-refractivity contribution >= 4 is 5.97 Å². The molecular weight excluding hydrogens is 364 g/mol. The van der Waals surface area contributed by atoms with Crippen LogP contribution in [0.5, 0.6) is 23.0 Å². The zero-order chi connectivity index (χ0) is 19.4. The first-order valence-corrected chi connectivity index (χ1v) is 9.13. The highest BCUT2D eigenvalue weighted by molar-refractivity contribution is 5.79. The van der Waals surface area contributed by atoms with Crippen LogP contribution >= 0.6 is 0 Å². The van der Waals surface area contributed by atoms with Gasteiger partial charge in [0.15, 0.2) is 23.0 Å². The highest BCUT2D eigenvalue weighted by Gasteiger charge is 2.53. The molecule has 2 heterocycles. The largest absolute Gasteiger partial charge is 0.493 e. The maximum atomic E-state index is 12.7. The third-order valence-corrected chi connectivity index (χ3v) is 5.92. The lowest BCUT2D eigenvalue weighted by atomic mass is 9.66. The number of ether oxygens (including phenoxy) is 5. The van der Waals surface area contributed by atoms with Gasteiger partial charge in [-0.15, -0.1) is 0 Å². The molecule has 28 heavy (non-hydrogen) atoms. The molecule has 1 N–H and O–H groups in total. The van der Waals surface area contributed by atoms with Gasteiger partial charge in [0, 0.05) is 17.4 Å². The molecule has 146 valence electrons. The summed E-state index contributed by atoms with van der Waals surface area (Å²) in [5, 5.41) is 11.0. The quantitative estimate of drug-likeness (QED) is 0.814. The third-order valence-electron chi connectivity index (χ3n) is 5.92. The number of aliphatic hydroxyl groups excluding tert-OH is 1. The van der Waals surface area contributed by atoms with Crippen molar-refractivity contribution in [3.05, 3.63) is 47.0 Å². The summed E-state index contributed by atoms with van der Waals surface area (Å²) in [6.45, 7) is 0.365. The van der Waals surface area contributed by atoms with E-state index in [9.17, 15) is 9.90 Å². The molecule has 5 rings (SSSR count). The molecular formula is C21H20O7. The Morgan fingerprint density at radius 3 is 2.64 bits per heavy atom.